The first-order valence-corrected chi connectivity index (χ1v) is 16.7. The van der Waals surface area contributed by atoms with Crippen LogP contribution in [0.15, 0.2) is 29.8 Å². The molecule has 8 heteroatoms. The smallest absolute Gasteiger partial charge is 0.243 e. The Kier molecular flexibility index (Phi) is 14.9. The number of amides is 2. The van der Waals surface area contributed by atoms with Crippen LogP contribution < -0.4 is 11.1 Å². The number of Topliss-reactive ketones (excluding diaryl/α,β-unsaturated/α-hetero) is 1. The number of thiazole rings is 1. The number of hydrogen-bond acceptors (Lipinski definition) is 6. The zero-order valence-electron chi connectivity index (χ0n) is 27.0. The van der Waals surface area contributed by atoms with Gasteiger partial charge < -0.3 is 16.0 Å². The normalized spacial score (nSPS) is 16.4. The maximum atomic E-state index is 13.5. The summed E-state index contributed by atoms with van der Waals surface area (Å²) in [6.07, 6.45) is 9.08. The number of nitrogens with one attached hydrogen (secondary N) is 1. The van der Waals surface area contributed by atoms with Crippen molar-refractivity contribution in [2.45, 2.75) is 131 Å². The van der Waals surface area contributed by atoms with Gasteiger partial charge in [0, 0.05) is 19.4 Å². The monoisotopic (exact) mass is 598 g/mol. The van der Waals surface area contributed by atoms with Gasteiger partial charge in [-0.15, -0.1) is 11.3 Å². The molecule has 1 aromatic carbocycles. The fourth-order valence-corrected chi connectivity index (χ4v) is 5.89. The molecule has 2 amide bonds. The highest BCUT2D eigenvalue weighted by molar-refractivity contribution is 7.13. The molecule has 0 radical (unpaired) electrons. The highest BCUT2D eigenvalue weighted by atomic mass is 32.1. The van der Waals surface area contributed by atoms with Crippen LogP contribution >= 0.6 is 11.3 Å². The van der Waals surface area contributed by atoms with E-state index in [-0.39, 0.29) is 24.0 Å². The molecule has 1 aliphatic rings. The van der Waals surface area contributed by atoms with Crippen LogP contribution in [0.25, 0.3) is 10.4 Å². The fourth-order valence-electron chi connectivity index (χ4n) is 5.07. The van der Waals surface area contributed by atoms with Crippen LogP contribution in [0.5, 0.6) is 0 Å². The van der Waals surface area contributed by atoms with E-state index in [2.05, 4.69) is 31.1 Å². The lowest BCUT2D eigenvalue weighted by Gasteiger charge is -2.33. The third-order valence-electron chi connectivity index (χ3n) is 7.87. The number of carbonyl (C=O) groups excluding carboxylic acids is 3. The molecule has 1 aromatic heterocycles. The molecule has 2 aromatic rings. The van der Waals surface area contributed by atoms with E-state index in [1.807, 2.05) is 57.5 Å². The standard InChI is InChI=1S/C29H42N4O3S.C5H12/c1-6-7-8-10-22(34)17-23(20-12-14-21(15-13-20)25-19(2)31-18-37-25)32-27(35)24-11-9-16-33(24)28(36)26(30)29(3,4)5;1-3-5-4-2/h12-15,18,23-24,26H,6-11,16-17,30H2,1-5H3,(H,32,35);3-5H2,1-2H3. The lowest BCUT2D eigenvalue weighted by atomic mass is 9.86. The molecule has 0 bridgehead atoms. The SMILES string of the molecule is CCCCC.CCCCCC(=O)CC(NC(=O)C1CCCN1C(=O)C(N)C(C)(C)C)c1ccc(-c2scnc2C)cc1. The minimum absolute atomic E-state index is 0.134. The summed E-state index contributed by atoms with van der Waals surface area (Å²) < 4.78 is 0. The number of aryl methyl sites for hydroxylation is 1. The maximum Gasteiger partial charge on any atom is 0.243 e. The van der Waals surface area contributed by atoms with Gasteiger partial charge in [0.1, 0.15) is 11.8 Å². The van der Waals surface area contributed by atoms with E-state index in [1.54, 1.807) is 16.2 Å². The van der Waals surface area contributed by atoms with E-state index in [0.717, 1.165) is 47.4 Å². The second-order valence-corrected chi connectivity index (χ2v) is 13.4. The van der Waals surface area contributed by atoms with Crippen LogP contribution in [-0.2, 0) is 14.4 Å². The summed E-state index contributed by atoms with van der Waals surface area (Å²) in [7, 11) is 0. The Balaban J connectivity index is 0.00000113. The van der Waals surface area contributed by atoms with E-state index < -0.39 is 23.5 Å². The summed E-state index contributed by atoms with van der Waals surface area (Å²) >= 11 is 1.59. The van der Waals surface area contributed by atoms with Crippen molar-refractivity contribution in [2.24, 2.45) is 11.1 Å². The van der Waals surface area contributed by atoms with E-state index >= 15 is 0 Å². The number of rotatable bonds is 13. The Morgan fingerprint density at radius 3 is 2.21 bits per heavy atom. The Labute approximate surface area is 258 Å². The molecule has 1 fully saturated rings. The number of carbonyl (C=O) groups is 3. The molecule has 0 spiro atoms. The second kappa shape index (κ2) is 17.5. The molecule has 0 aliphatic carbocycles. The van der Waals surface area contributed by atoms with Gasteiger partial charge in [-0.05, 0) is 42.7 Å². The molecule has 0 saturated carbocycles. The van der Waals surface area contributed by atoms with Crippen LogP contribution in [0.2, 0.25) is 0 Å². The first-order chi connectivity index (χ1) is 19.9. The van der Waals surface area contributed by atoms with Crippen molar-refractivity contribution < 1.29 is 14.4 Å². The van der Waals surface area contributed by atoms with Crippen LogP contribution in [0.3, 0.4) is 0 Å². The molecule has 2 heterocycles. The van der Waals surface area contributed by atoms with Gasteiger partial charge in [0.05, 0.1) is 28.2 Å². The first kappa shape index (κ1) is 35.6. The molecule has 3 atom stereocenters. The number of benzene rings is 1. The largest absolute Gasteiger partial charge is 0.347 e. The zero-order valence-corrected chi connectivity index (χ0v) is 27.8. The predicted molar refractivity (Wildman–Crippen MR) is 174 cm³/mol. The van der Waals surface area contributed by atoms with E-state index in [0.29, 0.717) is 19.4 Å². The van der Waals surface area contributed by atoms with Gasteiger partial charge in [0.2, 0.25) is 11.8 Å². The summed E-state index contributed by atoms with van der Waals surface area (Å²) in [5, 5.41) is 3.12. The summed E-state index contributed by atoms with van der Waals surface area (Å²) in [5.41, 5.74) is 10.6. The van der Waals surface area contributed by atoms with Gasteiger partial charge in [0.25, 0.3) is 0 Å². The van der Waals surface area contributed by atoms with Gasteiger partial charge in [-0.1, -0.05) is 97.9 Å². The minimum atomic E-state index is -0.681. The first-order valence-electron chi connectivity index (χ1n) is 15.8. The summed E-state index contributed by atoms with van der Waals surface area (Å²) in [6.45, 7) is 14.8. The van der Waals surface area contributed by atoms with Gasteiger partial charge >= 0.3 is 0 Å². The van der Waals surface area contributed by atoms with Crippen molar-refractivity contribution in [2.75, 3.05) is 6.54 Å². The van der Waals surface area contributed by atoms with E-state index in [4.69, 9.17) is 5.73 Å². The Bertz CT molecular complexity index is 1120. The number of nitrogens with two attached hydrogens (primary N) is 1. The van der Waals surface area contributed by atoms with Crippen LogP contribution in [0.4, 0.5) is 0 Å². The molecular weight excluding hydrogens is 544 g/mol. The van der Waals surface area contributed by atoms with Crippen LogP contribution in [0.1, 0.15) is 123 Å². The molecular formula is C34H54N4O3S. The van der Waals surface area contributed by atoms with Gasteiger partial charge in [0.15, 0.2) is 0 Å². The van der Waals surface area contributed by atoms with Crippen molar-refractivity contribution in [1.29, 1.82) is 0 Å². The molecule has 3 unspecified atom stereocenters. The maximum absolute atomic E-state index is 13.5. The number of unbranched alkanes of at least 4 members (excludes halogenated alkanes) is 4. The number of ketones is 1. The summed E-state index contributed by atoms with van der Waals surface area (Å²) in [5.74, 6) is -0.280. The second-order valence-electron chi connectivity index (χ2n) is 12.5. The highest BCUT2D eigenvalue weighted by Crippen LogP contribution is 2.30. The van der Waals surface area contributed by atoms with E-state index in [9.17, 15) is 14.4 Å². The molecule has 234 valence electrons. The third-order valence-corrected chi connectivity index (χ3v) is 8.85. The zero-order chi connectivity index (χ0) is 31.3. The molecule has 7 nitrogen and oxygen atoms in total. The summed E-state index contributed by atoms with van der Waals surface area (Å²) in [4.78, 5) is 46.5. The molecule has 1 aliphatic heterocycles. The summed E-state index contributed by atoms with van der Waals surface area (Å²) in [6, 6.07) is 6.29. The highest BCUT2D eigenvalue weighted by Gasteiger charge is 2.40. The van der Waals surface area contributed by atoms with Crippen molar-refractivity contribution in [1.82, 2.24) is 15.2 Å². The topological polar surface area (TPSA) is 105 Å². The van der Waals surface area contributed by atoms with Crippen LogP contribution in [0, 0.1) is 12.3 Å². The Morgan fingerprint density at radius 1 is 1.05 bits per heavy atom. The Hall–Kier alpha value is -2.58. The van der Waals surface area contributed by atoms with Gasteiger partial charge in [-0.3, -0.25) is 14.4 Å². The Morgan fingerprint density at radius 2 is 1.69 bits per heavy atom. The molecule has 3 N–H and O–H groups in total. The average molecular weight is 599 g/mol. The van der Waals surface area contributed by atoms with Crippen molar-refractivity contribution >= 4 is 28.9 Å². The average Bonchev–Trinajstić information content (AvgIpc) is 3.62. The molecule has 42 heavy (non-hydrogen) atoms. The number of aromatic nitrogens is 1. The lowest BCUT2D eigenvalue weighted by Crippen LogP contribution is -2.55. The molecule has 1 saturated heterocycles. The van der Waals surface area contributed by atoms with Gasteiger partial charge in [-0.2, -0.15) is 0 Å². The van der Waals surface area contributed by atoms with Crippen molar-refractivity contribution in [3.8, 4) is 10.4 Å². The molecule has 3 rings (SSSR count). The number of likely N-dealkylation sites (tertiary alicyclic amines) is 1. The number of nitrogens with zero attached hydrogens (tertiary/aromatic N) is 2. The lowest BCUT2D eigenvalue weighted by molar-refractivity contribution is -0.141. The number of hydrogen-bond donors (Lipinski definition) is 2. The van der Waals surface area contributed by atoms with E-state index in [1.165, 1.54) is 19.3 Å². The van der Waals surface area contributed by atoms with Crippen molar-refractivity contribution in [3.63, 3.8) is 0 Å². The van der Waals surface area contributed by atoms with Crippen molar-refractivity contribution in [3.05, 3.63) is 41.0 Å². The van der Waals surface area contributed by atoms with Crippen LogP contribution in [-0.4, -0.2) is 46.1 Å². The quantitative estimate of drug-likeness (QED) is 0.234. The predicted octanol–water partition coefficient (Wildman–Crippen LogP) is 7.38. The fraction of sp³-hybridized carbons (Fsp3) is 0.647. The minimum Gasteiger partial charge on any atom is -0.347 e. The van der Waals surface area contributed by atoms with Gasteiger partial charge in [-0.25, -0.2) is 4.98 Å². The third kappa shape index (κ3) is 10.6.